The summed E-state index contributed by atoms with van der Waals surface area (Å²) in [4.78, 5) is 9.55. The lowest BCUT2D eigenvalue weighted by molar-refractivity contribution is 0.462. The molecule has 1 N–H and O–H groups in total. The molecule has 6 rings (SSSR count). The lowest BCUT2D eigenvalue weighted by Gasteiger charge is -2.22. The highest BCUT2D eigenvalue weighted by Gasteiger charge is 2.15. The molecule has 4 nitrogen and oxygen atoms in total. The number of thiazole rings is 1. The largest absolute Gasteiger partial charge is 0.359 e. The summed E-state index contributed by atoms with van der Waals surface area (Å²) >= 11 is 1.79. The predicted molar refractivity (Wildman–Crippen MR) is 135 cm³/mol. The molecule has 1 saturated carbocycles. The summed E-state index contributed by atoms with van der Waals surface area (Å²) in [6.07, 6.45) is 16.0. The van der Waals surface area contributed by atoms with Crippen LogP contribution in [-0.2, 0) is 6.54 Å². The highest BCUT2D eigenvalue weighted by atomic mass is 32.1. The van der Waals surface area contributed by atoms with E-state index in [2.05, 4.69) is 52.4 Å². The van der Waals surface area contributed by atoms with Gasteiger partial charge in [-0.1, -0.05) is 48.8 Å². The van der Waals surface area contributed by atoms with E-state index in [0.29, 0.717) is 6.04 Å². The summed E-state index contributed by atoms with van der Waals surface area (Å²) in [5.41, 5.74) is 7.51. The molecule has 1 fully saturated rings. The molecule has 2 aromatic carbocycles. The zero-order chi connectivity index (χ0) is 21.3. The first-order valence-electron chi connectivity index (χ1n) is 12.1. The van der Waals surface area contributed by atoms with Crippen molar-refractivity contribution in [2.45, 2.75) is 70.4 Å². The van der Waals surface area contributed by atoms with Gasteiger partial charge in [0, 0.05) is 12.6 Å². The van der Waals surface area contributed by atoms with Gasteiger partial charge in [-0.25, -0.2) is 9.97 Å². The minimum atomic E-state index is 0.593. The fourth-order valence-corrected chi connectivity index (χ4v) is 6.24. The number of anilines is 1. The summed E-state index contributed by atoms with van der Waals surface area (Å²) in [6, 6.07) is 14.0. The number of rotatable bonds is 5. The molecule has 2 aromatic heterocycles. The van der Waals surface area contributed by atoms with Crippen LogP contribution in [0.4, 0.5) is 5.13 Å². The molecule has 0 aliphatic heterocycles. The summed E-state index contributed by atoms with van der Waals surface area (Å²) in [5.74, 6) is 0. The molecule has 0 bridgehead atoms. The third-order valence-electron chi connectivity index (χ3n) is 7.02. The van der Waals surface area contributed by atoms with Gasteiger partial charge in [0.2, 0.25) is 0 Å². The molecule has 2 aliphatic carbocycles. The molecule has 4 aromatic rings. The second kappa shape index (κ2) is 8.70. The highest BCUT2D eigenvalue weighted by molar-refractivity contribution is 7.22. The fourth-order valence-electron chi connectivity index (χ4n) is 5.24. The number of nitrogens with one attached hydrogen (secondary N) is 1. The monoisotopic (exact) mass is 442 g/mol. The second-order valence-corrected chi connectivity index (χ2v) is 10.4. The number of fused-ring (bicyclic) bond motifs is 2. The van der Waals surface area contributed by atoms with E-state index in [4.69, 9.17) is 9.97 Å². The molecule has 2 heterocycles. The standard InChI is InChI=1S/C27H30N4S/c1-3-7-20(8-4-1)21-12-14-25-24(16-21)28-18-31(25)17-19-11-13-23-26(15-19)32-27(30-23)29-22-9-5-2-6-10-22/h7,11-16,18,22H,1-6,8-10,17H2,(H,29,30). The minimum absolute atomic E-state index is 0.593. The van der Waals surface area contributed by atoms with Gasteiger partial charge >= 0.3 is 0 Å². The zero-order valence-corrected chi connectivity index (χ0v) is 19.3. The van der Waals surface area contributed by atoms with Crippen LogP contribution >= 0.6 is 11.3 Å². The van der Waals surface area contributed by atoms with Crippen molar-refractivity contribution in [3.05, 3.63) is 59.9 Å². The van der Waals surface area contributed by atoms with Gasteiger partial charge in [0.05, 0.1) is 27.6 Å². The van der Waals surface area contributed by atoms with Crippen LogP contribution in [0.3, 0.4) is 0 Å². The van der Waals surface area contributed by atoms with E-state index in [-0.39, 0.29) is 0 Å². The number of allylic oxidation sites excluding steroid dienone is 2. The van der Waals surface area contributed by atoms with E-state index in [0.717, 1.165) is 22.7 Å². The zero-order valence-electron chi connectivity index (χ0n) is 18.5. The summed E-state index contributed by atoms with van der Waals surface area (Å²) in [6.45, 7) is 0.831. The van der Waals surface area contributed by atoms with E-state index in [1.165, 1.54) is 84.7 Å². The van der Waals surface area contributed by atoms with Crippen LogP contribution in [0.15, 0.2) is 48.8 Å². The van der Waals surface area contributed by atoms with Crippen LogP contribution in [0.2, 0.25) is 0 Å². The van der Waals surface area contributed by atoms with E-state index in [9.17, 15) is 0 Å². The molecular weight excluding hydrogens is 412 g/mol. The van der Waals surface area contributed by atoms with Gasteiger partial charge in [-0.15, -0.1) is 0 Å². The Morgan fingerprint density at radius 2 is 1.91 bits per heavy atom. The van der Waals surface area contributed by atoms with Crippen LogP contribution < -0.4 is 5.32 Å². The Morgan fingerprint density at radius 3 is 2.78 bits per heavy atom. The Hall–Kier alpha value is -2.66. The van der Waals surface area contributed by atoms with Gasteiger partial charge in [0.1, 0.15) is 0 Å². The topological polar surface area (TPSA) is 42.7 Å². The maximum absolute atomic E-state index is 4.83. The molecule has 0 amide bonds. The molecule has 0 atom stereocenters. The molecule has 2 aliphatic rings. The van der Waals surface area contributed by atoms with E-state index < -0.39 is 0 Å². The van der Waals surface area contributed by atoms with Crippen molar-refractivity contribution in [3.63, 3.8) is 0 Å². The third-order valence-corrected chi connectivity index (χ3v) is 7.97. The normalized spacial score (nSPS) is 17.7. The van der Waals surface area contributed by atoms with Gasteiger partial charge in [0.25, 0.3) is 0 Å². The molecule has 164 valence electrons. The first-order valence-corrected chi connectivity index (χ1v) is 12.9. The van der Waals surface area contributed by atoms with Crippen molar-refractivity contribution in [3.8, 4) is 0 Å². The molecule has 0 saturated heterocycles. The van der Waals surface area contributed by atoms with E-state index >= 15 is 0 Å². The van der Waals surface area contributed by atoms with Crippen LogP contribution in [0.1, 0.15) is 68.9 Å². The maximum Gasteiger partial charge on any atom is 0.184 e. The number of hydrogen-bond acceptors (Lipinski definition) is 4. The van der Waals surface area contributed by atoms with Crippen molar-refractivity contribution in [2.24, 2.45) is 0 Å². The lowest BCUT2D eigenvalue weighted by atomic mass is 9.93. The summed E-state index contributed by atoms with van der Waals surface area (Å²) < 4.78 is 3.52. The SMILES string of the molecule is C1=C(c2ccc3c(c2)ncn3Cc2ccc3nc(NC4CCCCC4)sc3c2)CCCC1. The molecule has 32 heavy (non-hydrogen) atoms. The average Bonchev–Trinajstić information content (AvgIpc) is 3.43. The summed E-state index contributed by atoms with van der Waals surface area (Å²) in [7, 11) is 0. The lowest BCUT2D eigenvalue weighted by Crippen LogP contribution is -2.21. The molecule has 5 heteroatoms. The van der Waals surface area contributed by atoms with Crippen molar-refractivity contribution in [1.82, 2.24) is 14.5 Å². The Kier molecular flexibility index (Phi) is 5.43. The van der Waals surface area contributed by atoms with Gasteiger partial charge in [0.15, 0.2) is 5.13 Å². The number of benzene rings is 2. The van der Waals surface area contributed by atoms with Gasteiger partial charge in [-0.3, -0.25) is 0 Å². The van der Waals surface area contributed by atoms with E-state index in [1.807, 2.05) is 6.33 Å². The van der Waals surface area contributed by atoms with Crippen LogP contribution in [0.5, 0.6) is 0 Å². The maximum atomic E-state index is 4.83. The first-order chi connectivity index (χ1) is 15.8. The van der Waals surface area contributed by atoms with Crippen molar-refractivity contribution in [1.29, 1.82) is 0 Å². The third kappa shape index (κ3) is 4.06. The van der Waals surface area contributed by atoms with Crippen molar-refractivity contribution >= 4 is 43.3 Å². The molecule has 0 radical (unpaired) electrons. The molecule has 0 spiro atoms. The second-order valence-electron chi connectivity index (χ2n) is 9.35. The van der Waals surface area contributed by atoms with Gasteiger partial charge in [-0.2, -0.15) is 0 Å². The van der Waals surface area contributed by atoms with Crippen molar-refractivity contribution in [2.75, 3.05) is 5.32 Å². The van der Waals surface area contributed by atoms with Crippen LogP contribution in [0.25, 0.3) is 26.8 Å². The number of imidazole rings is 1. The number of hydrogen-bond donors (Lipinski definition) is 1. The number of nitrogens with zero attached hydrogens (tertiary/aromatic N) is 3. The predicted octanol–water partition coefficient (Wildman–Crippen LogP) is 7.40. The van der Waals surface area contributed by atoms with Crippen LogP contribution in [-0.4, -0.2) is 20.6 Å². The average molecular weight is 443 g/mol. The smallest absolute Gasteiger partial charge is 0.184 e. The highest BCUT2D eigenvalue weighted by Crippen LogP contribution is 2.31. The Bertz CT molecular complexity index is 1280. The van der Waals surface area contributed by atoms with Crippen molar-refractivity contribution < 1.29 is 0 Å². The minimum Gasteiger partial charge on any atom is -0.359 e. The Morgan fingerprint density at radius 1 is 0.969 bits per heavy atom. The van der Waals surface area contributed by atoms with Gasteiger partial charge < -0.3 is 9.88 Å². The summed E-state index contributed by atoms with van der Waals surface area (Å²) in [5, 5.41) is 4.75. The number of aromatic nitrogens is 3. The molecular formula is C27H30N4S. The fraction of sp³-hybridized carbons (Fsp3) is 0.407. The Labute approximate surface area is 193 Å². The van der Waals surface area contributed by atoms with Crippen LogP contribution in [0, 0.1) is 0 Å². The molecule has 0 unspecified atom stereocenters. The van der Waals surface area contributed by atoms with E-state index in [1.54, 1.807) is 11.3 Å². The first kappa shape index (κ1) is 20.0. The Balaban J connectivity index is 1.22. The van der Waals surface area contributed by atoms with Gasteiger partial charge in [-0.05, 0) is 79.5 Å². The quantitative estimate of drug-likeness (QED) is 0.350.